The number of anilines is 1. The van der Waals surface area contributed by atoms with E-state index in [0.29, 0.717) is 30.5 Å². The maximum Gasteiger partial charge on any atom is 0.261 e. The minimum Gasteiger partial charge on any atom is -0.380 e. The van der Waals surface area contributed by atoms with Gasteiger partial charge in [-0.1, -0.05) is 42.5 Å². The molecule has 1 N–H and O–H groups in total. The summed E-state index contributed by atoms with van der Waals surface area (Å²) in [7, 11) is 0. The number of hydrogen-bond acceptors (Lipinski definition) is 4. The third kappa shape index (κ3) is 3.73. The average Bonchev–Trinajstić information content (AvgIpc) is 3.28. The monoisotopic (exact) mass is 427 g/mol. The third-order valence-electron chi connectivity index (χ3n) is 6.31. The summed E-state index contributed by atoms with van der Waals surface area (Å²) < 4.78 is 0. The maximum atomic E-state index is 13.0. The van der Waals surface area contributed by atoms with Gasteiger partial charge in [0.1, 0.15) is 0 Å². The first-order chi connectivity index (χ1) is 15.6. The van der Waals surface area contributed by atoms with Crippen molar-refractivity contribution < 1.29 is 14.4 Å². The number of imide groups is 1. The minimum atomic E-state index is -0.278. The van der Waals surface area contributed by atoms with Crippen molar-refractivity contribution >= 4 is 34.2 Å². The van der Waals surface area contributed by atoms with E-state index in [1.807, 2.05) is 59.5 Å². The number of carbonyl (C=O) groups is 3. The van der Waals surface area contributed by atoms with Crippen molar-refractivity contribution in [2.45, 2.75) is 25.3 Å². The molecule has 1 saturated heterocycles. The number of nitrogens with zero attached hydrogens (tertiary/aromatic N) is 2. The number of rotatable bonds is 6. The summed E-state index contributed by atoms with van der Waals surface area (Å²) in [6.45, 7) is 1.64. The van der Waals surface area contributed by atoms with Gasteiger partial charge in [-0.05, 0) is 42.5 Å². The summed E-state index contributed by atoms with van der Waals surface area (Å²) >= 11 is 0. The molecule has 0 bridgehead atoms. The highest BCUT2D eigenvalue weighted by Gasteiger charge is 2.32. The number of nitrogens with one attached hydrogen (secondary N) is 1. The predicted octanol–water partition coefficient (Wildman–Crippen LogP) is 3.93. The van der Waals surface area contributed by atoms with E-state index in [1.165, 1.54) is 4.90 Å². The van der Waals surface area contributed by atoms with E-state index in [1.54, 1.807) is 12.1 Å². The van der Waals surface area contributed by atoms with Crippen LogP contribution in [0.5, 0.6) is 0 Å². The van der Waals surface area contributed by atoms with Gasteiger partial charge in [-0.25, -0.2) is 0 Å². The zero-order chi connectivity index (χ0) is 22.1. The molecule has 1 atom stereocenters. The van der Waals surface area contributed by atoms with Crippen LogP contribution in [0.4, 0.5) is 5.69 Å². The average molecular weight is 428 g/mol. The first kappa shape index (κ1) is 20.2. The number of benzene rings is 3. The van der Waals surface area contributed by atoms with Crippen LogP contribution in [-0.2, 0) is 4.79 Å². The standard InChI is InChI=1S/C26H25N3O3/c30-23(28-16-14-20(17-28)27-19-9-2-1-3-10-19)13-6-15-29-25(31)21-11-4-7-18-8-5-12-22(24(18)21)26(29)32/h1-5,7-12,20,27H,6,13-17H2. The fraction of sp³-hybridized carbons (Fsp3) is 0.269. The smallest absolute Gasteiger partial charge is 0.261 e. The Kier molecular flexibility index (Phi) is 5.35. The Morgan fingerprint density at radius 2 is 1.59 bits per heavy atom. The molecule has 32 heavy (non-hydrogen) atoms. The van der Waals surface area contributed by atoms with Gasteiger partial charge >= 0.3 is 0 Å². The fourth-order valence-corrected chi connectivity index (χ4v) is 4.70. The van der Waals surface area contributed by atoms with Crippen molar-refractivity contribution in [3.05, 3.63) is 77.9 Å². The summed E-state index contributed by atoms with van der Waals surface area (Å²) in [4.78, 5) is 41.8. The highest BCUT2D eigenvalue weighted by Crippen LogP contribution is 2.30. The van der Waals surface area contributed by atoms with Crippen molar-refractivity contribution in [1.29, 1.82) is 0 Å². The Balaban J connectivity index is 1.18. The van der Waals surface area contributed by atoms with Gasteiger partial charge in [-0.15, -0.1) is 0 Å². The molecule has 0 radical (unpaired) electrons. The lowest BCUT2D eigenvalue weighted by Crippen LogP contribution is -2.41. The molecule has 2 aliphatic heterocycles. The highest BCUT2D eigenvalue weighted by atomic mass is 16.2. The molecule has 0 saturated carbocycles. The summed E-state index contributed by atoms with van der Waals surface area (Å²) in [5.74, 6) is -0.484. The van der Waals surface area contributed by atoms with Crippen LogP contribution in [-0.4, -0.2) is 53.2 Å². The van der Waals surface area contributed by atoms with Gasteiger partial charge in [0.25, 0.3) is 11.8 Å². The Morgan fingerprint density at radius 1 is 0.906 bits per heavy atom. The van der Waals surface area contributed by atoms with Crippen LogP contribution >= 0.6 is 0 Å². The minimum absolute atomic E-state index is 0.0711. The summed E-state index contributed by atoms with van der Waals surface area (Å²) in [6, 6.07) is 21.3. The molecule has 5 rings (SSSR count). The molecule has 6 nitrogen and oxygen atoms in total. The molecule has 1 fully saturated rings. The molecule has 1 unspecified atom stereocenters. The van der Waals surface area contributed by atoms with Crippen LogP contribution in [0.15, 0.2) is 66.7 Å². The fourth-order valence-electron chi connectivity index (χ4n) is 4.70. The van der Waals surface area contributed by atoms with Gasteiger partial charge in [-0.3, -0.25) is 19.3 Å². The molecule has 0 aromatic heterocycles. The largest absolute Gasteiger partial charge is 0.380 e. The van der Waals surface area contributed by atoms with Crippen molar-refractivity contribution in [2.24, 2.45) is 0 Å². The molecule has 0 spiro atoms. The van der Waals surface area contributed by atoms with Gasteiger partial charge in [0, 0.05) is 54.3 Å². The Bertz CT molecular complexity index is 1140. The van der Waals surface area contributed by atoms with E-state index < -0.39 is 0 Å². The van der Waals surface area contributed by atoms with Crippen molar-refractivity contribution in [1.82, 2.24) is 9.80 Å². The van der Waals surface area contributed by atoms with Crippen molar-refractivity contribution in [2.75, 3.05) is 25.0 Å². The highest BCUT2D eigenvalue weighted by molar-refractivity contribution is 6.25. The Morgan fingerprint density at radius 3 is 2.28 bits per heavy atom. The zero-order valence-corrected chi connectivity index (χ0v) is 17.8. The first-order valence-corrected chi connectivity index (χ1v) is 11.1. The van der Waals surface area contributed by atoms with Crippen molar-refractivity contribution in [3.8, 4) is 0 Å². The van der Waals surface area contributed by atoms with Crippen LogP contribution in [0.2, 0.25) is 0 Å². The Labute approximate surface area is 186 Å². The van der Waals surface area contributed by atoms with Crippen LogP contribution in [0.25, 0.3) is 10.8 Å². The van der Waals surface area contributed by atoms with E-state index in [-0.39, 0.29) is 30.3 Å². The molecule has 3 amide bonds. The first-order valence-electron chi connectivity index (χ1n) is 11.1. The second-order valence-corrected chi connectivity index (χ2v) is 8.41. The van der Waals surface area contributed by atoms with E-state index in [0.717, 1.165) is 29.4 Å². The van der Waals surface area contributed by atoms with Crippen molar-refractivity contribution in [3.63, 3.8) is 0 Å². The van der Waals surface area contributed by atoms with Crippen LogP contribution in [0.1, 0.15) is 40.0 Å². The normalized spacial score (nSPS) is 17.8. The topological polar surface area (TPSA) is 69.7 Å². The molecule has 0 aliphatic carbocycles. The molecule has 2 heterocycles. The molecule has 6 heteroatoms. The van der Waals surface area contributed by atoms with Crippen LogP contribution in [0.3, 0.4) is 0 Å². The summed E-state index contributed by atoms with van der Waals surface area (Å²) in [5.41, 5.74) is 2.17. The molecular weight excluding hydrogens is 402 g/mol. The van der Waals surface area contributed by atoms with E-state index in [4.69, 9.17) is 0 Å². The van der Waals surface area contributed by atoms with Gasteiger partial charge < -0.3 is 10.2 Å². The lowest BCUT2D eigenvalue weighted by molar-refractivity contribution is -0.130. The van der Waals surface area contributed by atoms with Gasteiger partial charge in [-0.2, -0.15) is 0 Å². The number of hydrogen-bond donors (Lipinski definition) is 1. The van der Waals surface area contributed by atoms with Crippen LogP contribution < -0.4 is 5.32 Å². The molecule has 3 aromatic carbocycles. The maximum absolute atomic E-state index is 13.0. The van der Waals surface area contributed by atoms with Gasteiger partial charge in [0.05, 0.1) is 0 Å². The second kappa shape index (κ2) is 8.46. The molecule has 162 valence electrons. The molecular formula is C26H25N3O3. The number of likely N-dealkylation sites (tertiary alicyclic amines) is 1. The quantitative estimate of drug-likeness (QED) is 0.605. The lowest BCUT2D eigenvalue weighted by Gasteiger charge is -2.27. The zero-order valence-electron chi connectivity index (χ0n) is 17.8. The molecule has 2 aliphatic rings. The number of para-hydroxylation sites is 1. The Hall–Kier alpha value is -3.67. The summed E-state index contributed by atoms with van der Waals surface area (Å²) in [6.07, 6.45) is 1.69. The van der Waals surface area contributed by atoms with E-state index in [2.05, 4.69) is 5.32 Å². The van der Waals surface area contributed by atoms with E-state index >= 15 is 0 Å². The van der Waals surface area contributed by atoms with Crippen LogP contribution in [0, 0.1) is 0 Å². The third-order valence-corrected chi connectivity index (χ3v) is 6.31. The summed E-state index contributed by atoms with van der Waals surface area (Å²) in [5, 5.41) is 5.09. The van der Waals surface area contributed by atoms with Gasteiger partial charge in [0.2, 0.25) is 5.91 Å². The van der Waals surface area contributed by atoms with Gasteiger partial charge in [0.15, 0.2) is 0 Å². The molecule has 3 aromatic rings. The predicted molar refractivity (Wildman–Crippen MR) is 124 cm³/mol. The number of amides is 3. The number of carbonyl (C=O) groups excluding carboxylic acids is 3. The second-order valence-electron chi connectivity index (χ2n) is 8.41. The van der Waals surface area contributed by atoms with E-state index in [9.17, 15) is 14.4 Å². The SMILES string of the molecule is O=C(CCCN1C(=O)c2cccc3cccc(c23)C1=O)N1CCC(Nc2ccccc2)C1. The lowest BCUT2D eigenvalue weighted by atomic mass is 9.94.